The van der Waals surface area contributed by atoms with E-state index in [2.05, 4.69) is 13.8 Å². The largest absolute Gasteiger partial charge is 0.388 e. The summed E-state index contributed by atoms with van der Waals surface area (Å²) in [4.78, 5) is 0.921. The van der Waals surface area contributed by atoms with E-state index in [9.17, 15) is 5.11 Å². The van der Waals surface area contributed by atoms with Crippen LogP contribution in [0.25, 0.3) is 0 Å². The molecule has 0 spiro atoms. The minimum Gasteiger partial charge on any atom is -0.388 e. The first-order valence-corrected chi connectivity index (χ1v) is 6.23. The van der Waals surface area contributed by atoms with Gasteiger partial charge in [-0.25, -0.2) is 0 Å². The van der Waals surface area contributed by atoms with E-state index in [4.69, 9.17) is 11.6 Å². The summed E-state index contributed by atoms with van der Waals surface area (Å²) in [6, 6.07) is 0. The number of hydrogen-bond donors (Lipinski definition) is 1. The van der Waals surface area contributed by atoms with Gasteiger partial charge in [0, 0.05) is 0 Å². The van der Waals surface area contributed by atoms with Crippen molar-refractivity contribution in [3.8, 4) is 0 Å². The molecule has 1 aromatic heterocycles. The highest BCUT2D eigenvalue weighted by Crippen LogP contribution is 2.35. The summed E-state index contributed by atoms with van der Waals surface area (Å²) in [5.74, 6) is 0.545. The van der Waals surface area contributed by atoms with E-state index in [0.717, 1.165) is 28.3 Å². The van der Waals surface area contributed by atoms with Crippen LogP contribution in [-0.4, -0.2) is 5.11 Å². The van der Waals surface area contributed by atoms with E-state index in [1.807, 2.05) is 12.3 Å². The third-order valence-corrected chi connectivity index (χ3v) is 4.37. The second kappa shape index (κ2) is 5.15. The second-order valence-corrected chi connectivity index (χ2v) is 5.15. The lowest BCUT2D eigenvalue weighted by molar-refractivity contribution is 0.150. The van der Waals surface area contributed by atoms with E-state index in [1.54, 1.807) is 11.3 Å². The molecule has 0 amide bonds. The third kappa shape index (κ3) is 2.72. The van der Waals surface area contributed by atoms with Crippen LogP contribution in [0.15, 0.2) is 5.38 Å². The van der Waals surface area contributed by atoms with Gasteiger partial charge in [-0.15, -0.1) is 11.3 Å². The van der Waals surface area contributed by atoms with Crippen molar-refractivity contribution in [2.75, 3.05) is 0 Å². The fourth-order valence-corrected chi connectivity index (χ4v) is 2.65. The summed E-state index contributed by atoms with van der Waals surface area (Å²) in [5, 5.41) is 12.7. The summed E-state index contributed by atoms with van der Waals surface area (Å²) < 4.78 is 0. The molecule has 1 rings (SSSR count). The summed E-state index contributed by atoms with van der Waals surface area (Å²) in [7, 11) is 0. The van der Waals surface area contributed by atoms with Crippen molar-refractivity contribution in [1.82, 2.24) is 0 Å². The van der Waals surface area contributed by atoms with Crippen LogP contribution < -0.4 is 0 Å². The molecule has 2 atom stereocenters. The van der Waals surface area contributed by atoms with Crippen LogP contribution in [0.1, 0.15) is 43.2 Å². The van der Waals surface area contributed by atoms with Gasteiger partial charge in [-0.05, 0) is 30.2 Å². The van der Waals surface area contributed by atoms with Crippen molar-refractivity contribution in [3.63, 3.8) is 0 Å². The molecule has 1 aromatic rings. The fourth-order valence-electron chi connectivity index (χ4n) is 1.33. The number of aryl methyl sites for hydroxylation is 1. The summed E-state index contributed by atoms with van der Waals surface area (Å²) in [6.45, 7) is 6.26. The predicted octanol–water partition coefficient (Wildman–Crippen LogP) is 4.18. The van der Waals surface area contributed by atoms with E-state index in [0.29, 0.717) is 5.92 Å². The van der Waals surface area contributed by atoms with E-state index >= 15 is 0 Å². The molecule has 0 aliphatic rings. The first-order valence-electron chi connectivity index (χ1n) is 4.97. The first kappa shape index (κ1) is 12.0. The normalized spacial score (nSPS) is 15.5. The van der Waals surface area contributed by atoms with Crippen LogP contribution >= 0.6 is 22.9 Å². The highest BCUT2D eigenvalue weighted by atomic mass is 35.5. The van der Waals surface area contributed by atoms with Crippen LogP contribution in [0.3, 0.4) is 0 Å². The van der Waals surface area contributed by atoms with Crippen LogP contribution in [0.4, 0.5) is 0 Å². The minimum atomic E-state index is -0.392. The van der Waals surface area contributed by atoms with Crippen molar-refractivity contribution in [1.29, 1.82) is 0 Å². The van der Waals surface area contributed by atoms with Gasteiger partial charge >= 0.3 is 0 Å². The van der Waals surface area contributed by atoms with Gasteiger partial charge in [0.25, 0.3) is 0 Å². The van der Waals surface area contributed by atoms with Crippen LogP contribution in [0, 0.1) is 12.8 Å². The Morgan fingerprint density at radius 3 is 2.64 bits per heavy atom. The Morgan fingerprint density at radius 1 is 1.57 bits per heavy atom. The maximum absolute atomic E-state index is 9.94. The second-order valence-electron chi connectivity index (χ2n) is 3.86. The molecule has 0 aliphatic carbocycles. The van der Waals surface area contributed by atoms with Gasteiger partial charge in [0.1, 0.15) is 0 Å². The molecular weight excluding hydrogens is 216 g/mol. The molecule has 0 aromatic carbocycles. The Balaban J connectivity index is 2.69. The Bertz CT molecular complexity index is 295. The standard InChI is InChI=1S/C11H17ClOS/c1-4-7(2)5-9(13)11-10(12)8(3)6-14-11/h6-7,9,13H,4-5H2,1-3H3. The minimum absolute atomic E-state index is 0.392. The van der Waals surface area contributed by atoms with Crippen molar-refractivity contribution in [3.05, 3.63) is 20.8 Å². The fraction of sp³-hybridized carbons (Fsp3) is 0.636. The SMILES string of the molecule is CCC(C)CC(O)c1scc(C)c1Cl. The number of aliphatic hydroxyl groups is 1. The zero-order valence-corrected chi connectivity index (χ0v) is 10.5. The molecule has 1 nitrogen and oxygen atoms in total. The topological polar surface area (TPSA) is 20.2 Å². The molecule has 80 valence electrons. The molecule has 2 unspecified atom stereocenters. The van der Waals surface area contributed by atoms with Gasteiger partial charge in [-0.1, -0.05) is 31.9 Å². The van der Waals surface area contributed by atoms with Crippen molar-refractivity contribution in [2.24, 2.45) is 5.92 Å². The molecule has 1 N–H and O–H groups in total. The number of rotatable bonds is 4. The van der Waals surface area contributed by atoms with Crippen LogP contribution in [0.2, 0.25) is 5.02 Å². The lowest BCUT2D eigenvalue weighted by Crippen LogP contribution is -2.02. The average molecular weight is 233 g/mol. The van der Waals surface area contributed by atoms with Crippen molar-refractivity contribution in [2.45, 2.75) is 39.7 Å². The zero-order valence-electron chi connectivity index (χ0n) is 8.88. The van der Waals surface area contributed by atoms with E-state index in [-0.39, 0.29) is 0 Å². The quantitative estimate of drug-likeness (QED) is 0.826. The number of halogens is 1. The van der Waals surface area contributed by atoms with Gasteiger partial charge in [-0.3, -0.25) is 0 Å². The molecule has 0 saturated heterocycles. The van der Waals surface area contributed by atoms with Crippen LogP contribution in [-0.2, 0) is 0 Å². The zero-order chi connectivity index (χ0) is 10.7. The van der Waals surface area contributed by atoms with Crippen molar-refractivity contribution >= 4 is 22.9 Å². The third-order valence-electron chi connectivity index (χ3n) is 2.55. The number of thiophene rings is 1. The first-order chi connectivity index (χ1) is 6.56. The maximum Gasteiger partial charge on any atom is 0.0899 e. The maximum atomic E-state index is 9.94. The summed E-state index contributed by atoms with van der Waals surface area (Å²) in [6.07, 6.45) is 1.51. The lowest BCUT2D eigenvalue weighted by atomic mass is 10.00. The van der Waals surface area contributed by atoms with Gasteiger partial charge in [0.2, 0.25) is 0 Å². The van der Waals surface area contributed by atoms with Gasteiger partial charge in [-0.2, -0.15) is 0 Å². The van der Waals surface area contributed by atoms with E-state index in [1.165, 1.54) is 0 Å². The predicted molar refractivity (Wildman–Crippen MR) is 63.1 cm³/mol. The molecule has 0 saturated carbocycles. The van der Waals surface area contributed by atoms with Crippen LogP contribution in [0.5, 0.6) is 0 Å². The monoisotopic (exact) mass is 232 g/mol. The Labute approximate surface area is 94.7 Å². The smallest absolute Gasteiger partial charge is 0.0899 e. The molecule has 0 radical (unpaired) electrons. The summed E-state index contributed by atoms with van der Waals surface area (Å²) >= 11 is 7.64. The molecule has 0 bridgehead atoms. The molecular formula is C11H17ClOS. The highest BCUT2D eigenvalue weighted by Gasteiger charge is 2.17. The van der Waals surface area contributed by atoms with Gasteiger partial charge in [0.05, 0.1) is 16.0 Å². The molecule has 0 fully saturated rings. The average Bonchev–Trinajstić information content (AvgIpc) is 2.47. The highest BCUT2D eigenvalue weighted by molar-refractivity contribution is 7.10. The van der Waals surface area contributed by atoms with E-state index < -0.39 is 6.10 Å². The Morgan fingerprint density at radius 2 is 2.21 bits per heavy atom. The molecule has 1 heterocycles. The Hall–Kier alpha value is -0.0500. The molecule has 3 heteroatoms. The van der Waals surface area contributed by atoms with Gasteiger partial charge < -0.3 is 5.11 Å². The lowest BCUT2D eigenvalue weighted by Gasteiger charge is -2.13. The van der Waals surface area contributed by atoms with Gasteiger partial charge in [0.15, 0.2) is 0 Å². The number of aliphatic hydroxyl groups excluding tert-OH is 1. The molecule has 0 aliphatic heterocycles. The summed E-state index contributed by atoms with van der Waals surface area (Å²) in [5.41, 5.74) is 1.06. The number of hydrogen-bond acceptors (Lipinski definition) is 2. The Kier molecular flexibility index (Phi) is 4.42. The molecule has 14 heavy (non-hydrogen) atoms. The van der Waals surface area contributed by atoms with Crippen molar-refractivity contribution < 1.29 is 5.11 Å².